The summed E-state index contributed by atoms with van der Waals surface area (Å²) in [4.78, 5) is 26.3. The Morgan fingerprint density at radius 1 is 1.25 bits per heavy atom. The summed E-state index contributed by atoms with van der Waals surface area (Å²) >= 11 is 0. The van der Waals surface area contributed by atoms with Gasteiger partial charge in [0, 0.05) is 6.04 Å². The van der Waals surface area contributed by atoms with Gasteiger partial charge in [-0.2, -0.15) is 0 Å². The van der Waals surface area contributed by atoms with E-state index >= 15 is 0 Å². The zero-order valence-electron chi connectivity index (χ0n) is 13.5. The van der Waals surface area contributed by atoms with Gasteiger partial charge < -0.3 is 10.1 Å². The largest absolute Gasteiger partial charge is 0.459 e. The standard InChI is InChI=1S/C15H28N2O3/c1-10(2)16-13(18)11(3)17-9-7-8-12(17)14(19)20-15(4,5)6/h10-12H,7-9H2,1-6H3,(H,16,18)/t11?,12-/m1/s1. The highest BCUT2D eigenvalue weighted by Crippen LogP contribution is 2.23. The van der Waals surface area contributed by atoms with Gasteiger partial charge in [0.1, 0.15) is 11.6 Å². The van der Waals surface area contributed by atoms with Crippen molar-refractivity contribution in [2.45, 2.75) is 78.1 Å². The SMILES string of the molecule is CC(C)NC(=O)C(C)N1CCC[C@@H]1C(=O)OC(C)(C)C. The summed E-state index contributed by atoms with van der Waals surface area (Å²) in [7, 11) is 0. The molecule has 5 nitrogen and oxygen atoms in total. The number of ether oxygens (including phenoxy) is 1. The molecule has 1 aliphatic rings. The second-order valence-corrected chi connectivity index (χ2v) is 6.77. The summed E-state index contributed by atoms with van der Waals surface area (Å²) < 4.78 is 5.45. The first-order valence-corrected chi connectivity index (χ1v) is 7.41. The van der Waals surface area contributed by atoms with Gasteiger partial charge in [0.15, 0.2) is 0 Å². The number of amides is 1. The minimum absolute atomic E-state index is 0.0320. The van der Waals surface area contributed by atoms with Crippen molar-refractivity contribution >= 4 is 11.9 Å². The lowest BCUT2D eigenvalue weighted by atomic mass is 10.1. The summed E-state index contributed by atoms with van der Waals surface area (Å²) in [5, 5.41) is 2.89. The lowest BCUT2D eigenvalue weighted by molar-refractivity contribution is -0.161. The molecule has 5 heteroatoms. The molecule has 1 amide bonds. The molecule has 20 heavy (non-hydrogen) atoms. The topological polar surface area (TPSA) is 58.6 Å². The van der Waals surface area contributed by atoms with E-state index in [2.05, 4.69) is 5.32 Å². The molecular formula is C15H28N2O3. The lowest BCUT2D eigenvalue weighted by Crippen LogP contribution is -2.51. The van der Waals surface area contributed by atoms with Crippen molar-refractivity contribution in [2.24, 2.45) is 0 Å². The van der Waals surface area contributed by atoms with Crippen LogP contribution in [0.15, 0.2) is 0 Å². The Hall–Kier alpha value is -1.10. The van der Waals surface area contributed by atoms with Gasteiger partial charge in [0.2, 0.25) is 5.91 Å². The summed E-state index contributed by atoms with van der Waals surface area (Å²) in [6.45, 7) is 12.0. The van der Waals surface area contributed by atoms with Crippen molar-refractivity contribution in [3.63, 3.8) is 0 Å². The average Bonchev–Trinajstić information content (AvgIpc) is 2.73. The number of esters is 1. The van der Waals surface area contributed by atoms with E-state index in [1.165, 1.54) is 0 Å². The Kier molecular flexibility index (Phi) is 5.57. The van der Waals surface area contributed by atoms with Crippen LogP contribution in [0, 0.1) is 0 Å². The van der Waals surface area contributed by atoms with Crippen LogP contribution < -0.4 is 5.32 Å². The second-order valence-electron chi connectivity index (χ2n) is 6.77. The number of carbonyl (C=O) groups excluding carboxylic acids is 2. The highest BCUT2D eigenvalue weighted by molar-refractivity contribution is 5.83. The molecular weight excluding hydrogens is 256 g/mol. The van der Waals surface area contributed by atoms with E-state index in [1.54, 1.807) is 0 Å². The molecule has 0 aromatic rings. The smallest absolute Gasteiger partial charge is 0.323 e. The number of likely N-dealkylation sites (tertiary alicyclic amines) is 1. The molecule has 1 aliphatic heterocycles. The Morgan fingerprint density at radius 2 is 1.85 bits per heavy atom. The summed E-state index contributed by atoms with van der Waals surface area (Å²) in [6, 6.07) is -0.507. The van der Waals surface area contributed by atoms with E-state index in [1.807, 2.05) is 46.4 Å². The van der Waals surface area contributed by atoms with Gasteiger partial charge >= 0.3 is 5.97 Å². The van der Waals surface area contributed by atoms with Crippen molar-refractivity contribution in [1.29, 1.82) is 0 Å². The number of hydrogen-bond acceptors (Lipinski definition) is 4. The van der Waals surface area contributed by atoms with Crippen molar-refractivity contribution in [3.05, 3.63) is 0 Å². The van der Waals surface area contributed by atoms with E-state index < -0.39 is 5.60 Å². The Bertz CT molecular complexity index is 361. The third kappa shape index (κ3) is 4.78. The van der Waals surface area contributed by atoms with Crippen molar-refractivity contribution in [3.8, 4) is 0 Å². The van der Waals surface area contributed by atoms with Crippen LogP contribution in [0.3, 0.4) is 0 Å². The number of nitrogens with zero attached hydrogens (tertiary/aromatic N) is 1. The van der Waals surface area contributed by atoms with Gasteiger partial charge in [-0.05, 0) is 60.9 Å². The van der Waals surface area contributed by atoms with Crippen LogP contribution in [-0.4, -0.2) is 47.0 Å². The maximum absolute atomic E-state index is 12.2. The van der Waals surface area contributed by atoms with Crippen LogP contribution in [0.4, 0.5) is 0 Å². The van der Waals surface area contributed by atoms with Crippen LogP contribution in [0.1, 0.15) is 54.4 Å². The fourth-order valence-electron chi connectivity index (χ4n) is 2.43. The first-order valence-electron chi connectivity index (χ1n) is 7.41. The van der Waals surface area contributed by atoms with E-state index in [4.69, 9.17) is 4.74 Å². The number of rotatable bonds is 4. The predicted octanol–water partition coefficient (Wildman–Crippen LogP) is 1.71. The van der Waals surface area contributed by atoms with E-state index in [0.717, 1.165) is 19.4 Å². The molecule has 1 N–H and O–H groups in total. The number of carbonyl (C=O) groups is 2. The van der Waals surface area contributed by atoms with Crippen LogP contribution in [0.5, 0.6) is 0 Å². The molecule has 2 atom stereocenters. The molecule has 1 saturated heterocycles. The van der Waals surface area contributed by atoms with Gasteiger partial charge in [-0.1, -0.05) is 0 Å². The Labute approximate surface area is 122 Å². The zero-order chi connectivity index (χ0) is 15.5. The highest BCUT2D eigenvalue weighted by atomic mass is 16.6. The van der Waals surface area contributed by atoms with Crippen LogP contribution in [0.2, 0.25) is 0 Å². The fourth-order valence-corrected chi connectivity index (χ4v) is 2.43. The maximum atomic E-state index is 12.2. The Balaban J connectivity index is 2.69. The van der Waals surface area contributed by atoms with Crippen molar-refractivity contribution < 1.29 is 14.3 Å². The summed E-state index contributed by atoms with van der Waals surface area (Å²) in [5.74, 6) is -0.255. The molecule has 0 bridgehead atoms. The molecule has 0 aromatic heterocycles. The first-order chi connectivity index (χ1) is 9.11. The highest BCUT2D eigenvalue weighted by Gasteiger charge is 2.38. The fraction of sp³-hybridized carbons (Fsp3) is 0.867. The molecule has 0 aromatic carbocycles. The zero-order valence-corrected chi connectivity index (χ0v) is 13.5. The van der Waals surface area contributed by atoms with Gasteiger partial charge in [-0.15, -0.1) is 0 Å². The molecule has 1 heterocycles. The summed E-state index contributed by atoms with van der Waals surface area (Å²) in [6.07, 6.45) is 1.68. The number of hydrogen-bond donors (Lipinski definition) is 1. The van der Waals surface area contributed by atoms with Gasteiger partial charge in [0.25, 0.3) is 0 Å². The average molecular weight is 284 g/mol. The molecule has 0 aliphatic carbocycles. The quantitative estimate of drug-likeness (QED) is 0.798. The number of nitrogens with one attached hydrogen (secondary N) is 1. The van der Waals surface area contributed by atoms with Gasteiger partial charge in [-0.3, -0.25) is 14.5 Å². The molecule has 0 saturated carbocycles. The van der Waals surface area contributed by atoms with Crippen LogP contribution in [-0.2, 0) is 14.3 Å². The van der Waals surface area contributed by atoms with E-state index in [9.17, 15) is 9.59 Å². The van der Waals surface area contributed by atoms with E-state index in [0.29, 0.717) is 0 Å². The minimum Gasteiger partial charge on any atom is -0.459 e. The predicted molar refractivity (Wildman–Crippen MR) is 78.3 cm³/mol. The monoisotopic (exact) mass is 284 g/mol. The van der Waals surface area contributed by atoms with E-state index in [-0.39, 0.29) is 30.0 Å². The molecule has 0 spiro atoms. The third-order valence-electron chi connectivity index (χ3n) is 3.28. The lowest BCUT2D eigenvalue weighted by Gasteiger charge is -2.31. The first kappa shape index (κ1) is 17.0. The van der Waals surface area contributed by atoms with Crippen LogP contribution in [0.25, 0.3) is 0 Å². The summed E-state index contributed by atoms with van der Waals surface area (Å²) in [5.41, 5.74) is -0.491. The molecule has 1 rings (SSSR count). The second kappa shape index (κ2) is 6.57. The molecule has 1 unspecified atom stereocenters. The van der Waals surface area contributed by atoms with Crippen molar-refractivity contribution in [1.82, 2.24) is 10.2 Å². The van der Waals surface area contributed by atoms with Crippen molar-refractivity contribution in [2.75, 3.05) is 6.54 Å². The minimum atomic E-state index is -0.491. The van der Waals surface area contributed by atoms with Crippen LogP contribution >= 0.6 is 0 Å². The molecule has 1 fully saturated rings. The van der Waals surface area contributed by atoms with Gasteiger partial charge in [0.05, 0.1) is 6.04 Å². The molecule has 116 valence electrons. The Morgan fingerprint density at radius 3 is 2.35 bits per heavy atom. The normalized spacial score (nSPS) is 21.9. The molecule has 0 radical (unpaired) electrons. The third-order valence-corrected chi connectivity index (χ3v) is 3.28. The van der Waals surface area contributed by atoms with Gasteiger partial charge in [-0.25, -0.2) is 0 Å². The maximum Gasteiger partial charge on any atom is 0.323 e.